The molecule has 2 nitrogen and oxygen atoms in total. The fraction of sp³-hybridized carbons (Fsp3) is 0.875. The Balaban J connectivity index is 2.27. The van der Waals surface area contributed by atoms with Gasteiger partial charge in [-0.05, 0) is 6.92 Å². The van der Waals surface area contributed by atoms with E-state index in [1.807, 2.05) is 0 Å². The quantitative estimate of drug-likeness (QED) is 0.522. The molecule has 0 amide bonds. The second-order valence-corrected chi connectivity index (χ2v) is 2.76. The molecule has 0 aliphatic carbocycles. The summed E-state index contributed by atoms with van der Waals surface area (Å²) in [4.78, 5) is 0. The van der Waals surface area contributed by atoms with Gasteiger partial charge in [-0.15, -0.1) is 0 Å². The van der Waals surface area contributed by atoms with E-state index >= 15 is 0 Å². The Morgan fingerprint density at radius 2 is 2.50 bits per heavy atom. The van der Waals surface area contributed by atoms with Crippen molar-refractivity contribution < 1.29 is 9.31 Å². The maximum absolute atomic E-state index is 5.47. The topological polar surface area (TPSA) is 12.2 Å². The molecule has 2 heteroatoms. The van der Waals surface area contributed by atoms with Gasteiger partial charge >= 0.3 is 0 Å². The van der Waals surface area contributed by atoms with Gasteiger partial charge in [-0.3, -0.25) is 0 Å². The smallest absolute Gasteiger partial charge is 0.144 e. The highest BCUT2D eigenvalue weighted by molar-refractivity contribution is 5.52. The van der Waals surface area contributed by atoms with Crippen LogP contribution in [0.3, 0.4) is 0 Å². The third-order valence-corrected chi connectivity index (χ3v) is 1.89. The van der Waals surface area contributed by atoms with Gasteiger partial charge in [-0.2, -0.15) is 0 Å². The molecule has 0 saturated carbocycles. The van der Waals surface area contributed by atoms with E-state index in [-0.39, 0.29) is 0 Å². The fourth-order valence-electron chi connectivity index (χ4n) is 1.24. The Hall–Kier alpha value is -0.370. The first-order valence-corrected chi connectivity index (χ1v) is 3.98. The molecular weight excluding hydrogens is 126 g/mol. The zero-order valence-electron chi connectivity index (χ0n) is 6.84. The summed E-state index contributed by atoms with van der Waals surface area (Å²) >= 11 is 0. The molecule has 0 aromatic rings. The summed E-state index contributed by atoms with van der Waals surface area (Å²) in [6, 6.07) is 0. The average Bonchev–Trinajstić information content (AvgIpc) is 1.95. The van der Waals surface area contributed by atoms with Crippen molar-refractivity contribution in [2.45, 2.75) is 25.9 Å². The van der Waals surface area contributed by atoms with Crippen molar-refractivity contribution in [2.24, 2.45) is 0 Å². The summed E-state index contributed by atoms with van der Waals surface area (Å²) in [5.41, 5.74) is 0. The first kappa shape index (κ1) is 7.73. The van der Waals surface area contributed by atoms with Gasteiger partial charge in [0.05, 0.1) is 12.5 Å². The number of ether oxygens (including phenoxy) is 1. The third-order valence-electron chi connectivity index (χ3n) is 1.89. The Labute approximate surface area is 62.5 Å². The molecule has 1 aliphatic rings. The summed E-state index contributed by atoms with van der Waals surface area (Å²) in [5, 5.41) is 0. The third kappa shape index (κ3) is 2.10. The number of hydrogen-bond donors (Lipinski definition) is 0. The highest BCUT2D eigenvalue weighted by Crippen LogP contribution is 2.05. The van der Waals surface area contributed by atoms with Crippen molar-refractivity contribution in [2.75, 3.05) is 20.2 Å². The summed E-state index contributed by atoms with van der Waals surface area (Å²) in [6.07, 6.45) is 4.97. The number of hydrogen-bond acceptors (Lipinski definition) is 1. The van der Waals surface area contributed by atoms with Gasteiger partial charge in [0, 0.05) is 13.0 Å². The standard InChI is InChI=1S/C8H16NO/c1-3-10-8-4-6-9(2)7-5-8/h6,8H,3-5,7H2,1-2H3/q+1. The molecule has 0 aromatic heterocycles. The Bertz CT molecular complexity index is 131. The van der Waals surface area contributed by atoms with Crippen LogP contribution >= 0.6 is 0 Å². The van der Waals surface area contributed by atoms with Gasteiger partial charge < -0.3 is 4.74 Å². The van der Waals surface area contributed by atoms with Crippen molar-refractivity contribution in [1.82, 2.24) is 0 Å². The zero-order valence-corrected chi connectivity index (χ0v) is 6.84. The van der Waals surface area contributed by atoms with Gasteiger partial charge in [0.25, 0.3) is 0 Å². The lowest BCUT2D eigenvalue weighted by atomic mass is 10.1. The van der Waals surface area contributed by atoms with Crippen molar-refractivity contribution in [3.05, 3.63) is 0 Å². The minimum Gasteiger partial charge on any atom is -0.378 e. The van der Waals surface area contributed by atoms with E-state index in [4.69, 9.17) is 4.74 Å². The van der Waals surface area contributed by atoms with Crippen molar-refractivity contribution in [3.63, 3.8) is 0 Å². The minimum atomic E-state index is 0.487. The van der Waals surface area contributed by atoms with E-state index in [9.17, 15) is 0 Å². The molecular formula is C8H16NO+. The lowest BCUT2D eigenvalue weighted by Gasteiger charge is -2.16. The predicted molar refractivity (Wildman–Crippen MR) is 41.8 cm³/mol. The molecule has 0 N–H and O–H groups in total. The first-order chi connectivity index (χ1) is 4.83. The lowest BCUT2D eigenvalue weighted by Crippen LogP contribution is -2.26. The molecule has 0 bridgehead atoms. The first-order valence-electron chi connectivity index (χ1n) is 3.98. The summed E-state index contributed by atoms with van der Waals surface area (Å²) in [5.74, 6) is 0. The molecule has 1 atom stereocenters. The van der Waals surface area contributed by atoms with E-state index in [0.717, 1.165) is 19.6 Å². The Morgan fingerprint density at radius 3 is 3.00 bits per heavy atom. The zero-order chi connectivity index (χ0) is 7.40. The molecule has 1 aliphatic heterocycles. The monoisotopic (exact) mass is 142 g/mol. The average molecular weight is 142 g/mol. The highest BCUT2D eigenvalue weighted by atomic mass is 16.5. The largest absolute Gasteiger partial charge is 0.378 e. The Morgan fingerprint density at radius 1 is 1.70 bits per heavy atom. The van der Waals surface area contributed by atoms with Crippen LogP contribution in [-0.4, -0.2) is 37.1 Å². The fourth-order valence-corrected chi connectivity index (χ4v) is 1.24. The molecule has 10 heavy (non-hydrogen) atoms. The molecule has 1 unspecified atom stereocenters. The van der Waals surface area contributed by atoms with Crippen LogP contribution in [0.2, 0.25) is 0 Å². The molecule has 0 spiro atoms. The Kier molecular flexibility index (Phi) is 2.87. The van der Waals surface area contributed by atoms with Gasteiger partial charge in [0.15, 0.2) is 0 Å². The van der Waals surface area contributed by atoms with Crippen LogP contribution in [-0.2, 0) is 4.74 Å². The maximum Gasteiger partial charge on any atom is 0.144 e. The molecule has 0 saturated heterocycles. The van der Waals surface area contributed by atoms with Gasteiger partial charge in [0.2, 0.25) is 0 Å². The number of nitrogens with zero attached hydrogens (tertiary/aromatic N) is 1. The molecule has 58 valence electrons. The van der Waals surface area contributed by atoms with Crippen LogP contribution in [0.1, 0.15) is 19.8 Å². The van der Waals surface area contributed by atoms with Crippen LogP contribution in [0, 0.1) is 0 Å². The van der Waals surface area contributed by atoms with E-state index in [0.29, 0.717) is 6.10 Å². The number of rotatable bonds is 2. The lowest BCUT2D eigenvalue weighted by molar-refractivity contribution is -0.500. The highest BCUT2D eigenvalue weighted by Gasteiger charge is 2.15. The van der Waals surface area contributed by atoms with E-state index in [1.165, 1.54) is 6.42 Å². The van der Waals surface area contributed by atoms with E-state index in [1.54, 1.807) is 0 Å². The van der Waals surface area contributed by atoms with Gasteiger partial charge in [0.1, 0.15) is 19.8 Å². The van der Waals surface area contributed by atoms with E-state index < -0.39 is 0 Å². The molecule has 0 fully saturated rings. The summed E-state index contributed by atoms with van der Waals surface area (Å²) < 4.78 is 7.70. The molecule has 1 heterocycles. The predicted octanol–water partition coefficient (Wildman–Crippen LogP) is 0.898. The van der Waals surface area contributed by atoms with Gasteiger partial charge in [-0.25, -0.2) is 4.58 Å². The van der Waals surface area contributed by atoms with Crippen LogP contribution in [0.15, 0.2) is 0 Å². The normalized spacial score (nSPS) is 26.2. The summed E-state index contributed by atoms with van der Waals surface area (Å²) in [7, 11) is 2.11. The van der Waals surface area contributed by atoms with Crippen LogP contribution in [0.5, 0.6) is 0 Å². The second kappa shape index (κ2) is 3.71. The SMILES string of the molecule is CCOC1CC=[N+](C)CC1. The summed E-state index contributed by atoms with van der Waals surface area (Å²) in [6.45, 7) is 4.05. The van der Waals surface area contributed by atoms with Crippen LogP contribution < -0.4 is 0 Å². The van der Waals surface area contributed by atoms with Crippen molar-refractivity contribution >= 4 is 6.21 Å². The maximum atomic E-state index is 5.47. The van der Waals surface area contributed by atoms with Crippen molar-refractivity contribution in [3.8, 4) is 0 Å². The molecule has 0 aromatic carbocycles. The molecule has 1 rings (SSSR count). The molecule has 0 radical (unpaired) electrons. The second-order valence-electron chi connectivity index (χ2n) is 2.76. The van der Waals surface area contributed by atoms with Crippen LogP contribution in [0.4, 0.5) is 0 Å². The minimum absolute atomic E-state index is 0.487. The van der Waals surface area contributed by atoms with E-state index in [2.05, 4.69) is 24.8 Å². The van der Waals surface area contributed by atoms with Crippen molar-refractivity contribution in [1.29, 1.82) is 0 Å². The van der Waals surface area contributed by atoms with Gasteiger partial charge in [-0.1, -0.05) is 0 Å². The van der Waals surface area contributed by atoms with Crippen LogP contribution in [0.25, 0.3) is 0 Å².